The fraction of sp³-hybridized carbons (Fsp3) is 0.400. The number of nitrogens with zero attached hydrogens (tertiary/aromatic N) is 3. The molecule has 4 heterocycles. The molecule has 2 aromatic carbocycles. The number of nitro benzene ring substituents is 1. The van der Waals surface area contributed by atoms with Crippen LogP contribution in [-0.4, -0.2) is 47.2 Å². The van der Waals surface area contributed by atoms with Gasteiger partial charge in [-0.2, -0.15) is 0 Å². The standard InChI is InChI=1S/C25H24N4O6/c1-3-13-6-8-16-15(11-13)25(24(32)26-16)21-20(17-5-4-10-27(17)25)22(30)28(23(21)31)18-12-14(29(33)34)7-9-19(18)35-2/h6-9,11-12,17,20-21H,3-5,10H2,1-2H3,(H,26,32)/t17-,20-,21+,25-/m1/s1. The summed E-state index contributed by atoms with van der Waals surface area (Å²) in [6, 6.07) is 9.35. The van der Waals surface area contributed by atoms with E-state index in [1.54, 1.807) is 0 Å². The predicted molar refractivity (Wildman–Crippen MR) is 125 cm³/mol. The van der Waals surface area contributed by atoms with Crippen LogP contribution >= 0.6 is 0 Å². The van der Waals surface area contributed by atoms with Crippen LogP contribution in [0.3, 0.4) is 0 Å². The van der Waals surface area contributed by atoms with E-state index < -0.39 is 34.1 Å². The van der Waals surface area contributed by atoms with E-state index in [0.29, 0.717) is 18.7 Å². The fourth-order valence-electron chi connectivity index (χ4n) is 6.67. The molecule has 10 nitrogen and oxygen atoms in total. The van der Waals surface area contributed by atoms with E-state index in [1.807, 2.05) is 25.1 Å². The number of carbonyl (C=O) groups excluding carboxylic acids is 3. The van der Waals surface area contributed by atoms with Crippen LogP contribution in [0.2, 0.25) is 0 Å². The number of amides is 3. The van der Waals surface area contributed by atoms with Crippen LogP contribution in [0.1, 0.15) is 30.9 Å². The van der Waals surface area contributed by atoms with Crippen LogP contribution in [0.25, 0.3) is 0 Å². The Hall–Kier alpha value is -3.79. The number of ether oxygens (including phenoxy) is 1. The van der Waals surface area contributed by atoms with Gasteiger partial charge in [0.1, 0.15) is 17.0 Å². The molecular weight excluding hydrogens is 452 g/mol. The maximum atomic E-state index is 14.1. The number of fused-ring (bicyclic) bond motifs is 7. The molecule has 3 amide bonds. The number of benzene rings is 2. The van der Waals surface area contributed by atoms with Crippen LogP contribution in [0, 0.1) is 22.0 Å². The van der Waals surface area contributed by atoms with E-state index in [9.17, 15) is 24.5 Å². The van der Waals surface area contributed by atoms with Crippen molar-refractivity contribution in [2.75, 3.05) is 23.9 Å². The molecule has 10 heteroatoms. The van der Waals surface area contributed by atoms with Crippen molar-refractivity contribution < 1.29 is 24.0 Å². The van der Waals surface area contributed by atoms with E-state index in [1.165, 1.54) is 25.3 Å². The normalized spacial score (nSPS) is 28.9. The molecule has 4 aliphatic heterocycles. The molecule has 35 heavy (non-hydrogen) atoms. The Labute approximate surface area is 201 Å². The van der Waals surface area contributed by atoms with Gasteiger partial charge in [-0.1, -0.05) is 19.1 Å². The number of carbonyl (C=O) groups is 3. The number of imide groups is 1. The molecule has 0 aliphatic carbocycles. The zero-order valence-corrected chi connectivity index (χ0v) is 19.3. The van der Waals surface area contributed by atoms with Crippen LogP contribution in [0.5, 0.6) is 5.75 Å². The number of nitro groups is 1. The lowest BCUT2D eigenvalue weighted by molar-refractivity contribution is -0.384. The summed E-state index contributed by atoms with van der Waals surface area (Å²) in [5.74, 6) is -2.75. The Bertz CT molecular complexity index is 1330. The summed E-state index contributed by atoms with van der Waals surface area (Å²) in [6.45, 7) is 2.64. The Kier molecular flexibility index (Phi) is 4.56. The maximum absolute atomic E-state index is 14.1. The fourth-order valence-corrected chi connectivity index (χ4v) is 6.67. The molecule has 1 N–H and O–H groups in total. The summed E-state index contributed by atoms with van der Waals surface area (Å²) < 4.78 is 5.36. The molecule has 0 unspecified atom stereocenters. The molecule has 0 aromatic heterocycles. The predicted octanol–water partition coefficient (Wildman–Crippen LogP) is 2.60. The lowest BCUT2D eigenvalue weighted by atomic mass is 9.75. The van der Waals surface area contributed by atoms with E-state index in [2.05, 4.69) is 10.2 Å². The highest BCUT2D eigenvalue weighted by Crippen LogP contribution is 2.61. The van der Waals surface area contributed by atoms with Crippen molar-refractivity contribution in [1.29, 1.82) is 0 Å². The van der Waals surface area contributed by atoms with E-state index in [4.69, 9.17) is 4.74 Å². The molecule has 1 spiro atoms. The topological polar surface area (TPSA) is 122 Å². The molecule has 2 aromatic rings. The van der Waals surface area contributed by atoms with E-state index in [-0.39, 0.29) is 29.1 Å². The van der Waals surface area contributed by atoms with Crippen molar-refractivity contribution in [2.24, 2.45) is 11.8 Å². The monoisotopic (exact) mass is 476 g/mol. The van der Waals surface area contributed by atoms with Gasteiger partial charge in [-0.05, 0) is 43.5 Å². The van der Waals surface area contributed by atoms with Gasteiger partial charge in [0.15, 0.2) is 0 Å². The average Bonchev–Trinajstić information content (AvgIpc) is 3.56. The SMILES string of the molecule is CCc1ccc2c(c1)[C@]1(C(=O)N2)[C@@H]2C(=O)N(c3cc([N+](=O)[O-])ccc3OC)C(=O)[C@@H]2[C@H]2CCCN21. The number of methoxy groups -OCH3 is 1. The minimum atomic E-state index is -1.29. The van der Waals surface area contributed by atoms with Crippen molar-refractivity contribution in [3.63, 3.8) is 0 Å². The summed E-state index contributed by atoms with van der Waals surface area (Å²) in [6.07, 6.45) is 2.27. The average molecular weight is 476 g/mol. The van der Waals surface area contributed by atoms with Crippen LogP contribution < -0.4 is 15.0 Å². The summed E-state index contributed by atoms with van der Waals surface area (Å²) >= 11 is 0. The number of aryl methyl sites for hydroxylation is 1. The second-order valence-corrected chi connectivity index (χ2v) is 9.49. The number of nitrogens with one attached hydrogen (secondary N) is 1. The van der Waals surface area contributed by atoms with Gasteiger partial charge in [-0.15, -0.1) is 0 Å². The first-order valence-corrected chi connectivity index (χ1v) is 11.8. The second kappa shape index (κ2) is 7.35. The van der Waals surface area contributed by atoms with Crippen molar-refractivity contribution in [3.05, 3.63) is 57.6 Å². The molecule has 3 saturated heterocycles. The summed E-state index contributed by atoms with van der Waals surface area (Å²) in [4.78, 5) is 55.7. The lowest BCUT2D eigenvalue weighted by Gasteiger charge is -2.36. The van der Waals surface area contributed by atoms with Gasteiger partial charge in [0.25, 0.3) is 5.69 Å². The van der Waals surface area contributed by atoms with E-state index >= 15 is 0 Å². The number of anilines is 2. The van der Waals surface area contributed by atoms with Gasteiger partial charge in [0.2, 0.25) is 17.7 Å². The third-order valence-corrected chi connectivity index (χ3v) is 8.08. The highest BCUT2D eigenvalue weighted by molar-refractivity contribution is 6.26. The second-order valence-electron chi connectivity index (χ2n) is 9.49. The van der Waals surface area contributed by atoms with Crippen LogP contribution in [0.15, 0.2) is 36.4 Å². The van der Waals surface area contributed by atoms with Crippen molar-refractivity contribution in [2.45, 2.75) is 37.8 Å². The van der Waals surface area contributed by atoms with Crippen LogP contribution in [-0.2, 0) is 26.3 Å². The molecule has 0 bridgehead atoms. The highest BCUT2D eigenvalue weighted by atomic mass is 16.6. The van der Waals surface area contributed by atoms with Crippen molar-refractivity contribution in [3.8, 4) is 5.75 Å². The first kappa shape index (κ1) is 21.7. The molecular formula is C25H24N4O6. The van der Waals surface area contributed by atoms with Crippen molar-refractivity contribution >= 4 is 34.8 Å². The third-order valence-electron chi connectivity index (χ3n) is 8.08. The quantitative estimate of drug-likeness (QED) is 0.409. The molecule has 6 rings (SSSR count). The Morgan fingerprint density at radius 2 is 1.97 bits per heavy atom. The molecule has 4 aliphatic rings. The Balaban J connectivity index is 1.55. The number of hydrogen-bond donors (Lipinski definition) is 1. The minimum Gasteiger partial charge on any atom is -0.495 e. The molecule has 180 valence electrons. The summed E-state index contributed by atoms with van der Waals surface area (Å²) in [5, 5.41) is 14.4. The lowest BCUT2D eigenvalue weighted by Crippen LogP contribution is -2.54. The zero-order valence-electron chi connectivity index (χ0n) is 19.3. The molecule has 4 atom stereocenters. The Morgan fingerprint density at radius 3 is 2.69 bits per heavy atom. The molecule has 0 saturated carbocycles. The highest BCUT2D eigenvalue weighted by Gasteiger charge is 2.74. The van der Waals surface area contributed by atoms with Gasteiger partial charge in [0.05, 0.1) is 23.9 Å². The summed E-state index contributed by atoms with van der Waals surface area (Å²) in [5.41, 5.74) is 0.911. The Morgan fingerprint density at radius 1 is 1.17 bits per heavy atom. The van der Waals surface area contributed by atoms with Crippen LogP contribution in [0.4, 0.5) is 17.1 Å². The largest absolute Gasteiger partial charge is 0.495 e. The third kappa shape index (κ3) is 2.60. The maximum Gasteiger partial charge on any atom is 0.271 e. The number of rotatable bonds is 4. The number of hydrogen-bond acceptors (Lipinski definition) is 7. The van der Waals surface area contributed by atoms with Gasteiger partial charge in [0, 0.05) is 29.4 Å². The van der Waals surface area contributed by atoms with E-state index in [0.717, 1.165) is 28.9 Å². The first-order chi connectivity index (χ1) is 16.8. The van der Waals surface area contributed by atoms with Gasteiger partial charge in [-0.25, -0.2) is 4.90 Å². The summed E-state index contributed by atoms with van der Waals surface area (Å²) in [7, 11) is 1.38. The molecule has 0 radical (unpaired) electrons. The molecule has 3 fully saturated rings. The smallest absolute Gasteiger partial charge is 0.271 e. The van der Waals surface area contributed by atoms with Gasteiger partial charge >= 0.3 is 0 Å². The van der Waals surface area contributed by atoms with Gasteiger partial charge in [-0.3, -0.25) is 29.4 Å². The number of non-ortho nitro benzene ring substituents is 1. The van der Waals surface area contributed by atoms with Crippen molar-refractivity contribution in [1.82, 2.24) is 4.90 Å². The first-order valence-electron chi connectivity index (χ1n) is 11.8. The minimum absolute atomic E-state index is 0.0340. The van der Waals surface area contributed by atoms with Gasteiger partial charge < -0.3 is 10.1 Å². The zero-order chi connectivity index (χ0) is 24.6.